The molecule has 6 nitrogen and oxygen atoms in total. The van der Waals surface area contributed by atoms with E-state index in [4.69, 9.17) is 4.74 Å². The predicted molar refractivity (Wildman–Crippen MR) is 104 cm³/mol. The van der Waals surface area contributed by atoms with Gasteiger partial charge in [0.25, 0.3) is 0 Å². The fraction of sp³-hybridized carbons (Fsp3) is 0.118. The van der Waals surface area contributed by atoms with Crippen LogP contribution in [0.25, 0.3) is 0 Å². The Kier molecular flexibility index (Phi) is 6.47. The zero-order chi connectivity index (χ0) is 17.3. The minimum Gasteiger partial charge on any atom is -0.493 e. The summed E-state index contributed by atoms with van der Waals surface area (Å²) >= 11 is 4.91. The Morgan fingerprint density at radius 1 is 1.16 bits per heavy atom. The number of aromatic amines is 1. The van der Waals surface area contributed by atoms with Gasteiger partial charge in [0.05, 0.1) is 12.8 Å². The molecule has 2 N–H and O–H groups in total. The van der Waals surface area contributed by atoms with E-state index in [1.807, 2.05) is 54.6 Å². The number of anilines is 1. The first-order valence-electron chi connectivity index (χ1n) is 7.57. The molecule has 25 heavy (non-hydrogen) atoms. The summed E-state index contributed by atoms with van der Waals surface area (Å²) in [6.45, 7) is 0.591. The van der Waals surface area contributed by atoms with E-state index >= 15 is 0 Å². The number of para-hydroxylation sites is 1. The van der Waals surface area contributed by atoms with E-state index in [9.17, 15) is 0 Å². The number of hydrogen-bond donors (Lipinski definition) is 2. The first-order chi connectivity index (χ1) is 12.3. The van der Waals surface area contributed by atoms with E-state index in [2.05, 4.69) is 41.6 Å². The number of benzene rings is 2. The number of nitrogens with zero attached hydrogens (tertiary/aromatic N) is 3. The van der Waals surface area contributed by atoms with Gasteiger partial charge in [0, 0.05) is 10.2 Å². The lowest BCUT2D eigenvalue weighted by Crippen LogP contribution is -2.00. The van der Waals surface area contributed by atoms with Crippen LogP contribution in [0.4, 0.5) is 5.95 Å². The molecular formula is C17H16BrN5OS. The van der Waals surface area contributed by atoms with Crippen molar-refractivity contribution >= 4 is 39.9 Å². The molecule has 0 radical (unpaired) electrons. The summed E-state index contributed by atoms with van der Waals surface area (Å²) < 4.78 is 6.66. The number of halogens is 1. The number of nitrogens with one attached hydrogen (secondary N) is 2. The number of hydrazone groups is 1. The predicted octanol–water partition coefficient (Wildman–Crippen LogP) is 4.18. The SMILES string of the molecule is Brc1ccc(/C=N\Nc2nc(SCCOc3ccccc3)n[nH]2)cc1. The average Bonchev–Trinajstić information content (AvgIpc) is 3.09. The van der Waals surface area contributed by atoms with Crippen LogP contribution in [0.1, 0.15) is 5.56 Å². The molecule has 3 aromatic rings. The van der Waals surface area contributed by atoms with Gasteiger partial charge in [-0.25, -0.2) is 10.5 Å². The number of thioether (sulfide) groups is 1. The van der Waals surface area contributed by atoms with Crippen LogP contribution in [-0.4, -0.2) is 33.8 Å². The van der Waals surface area contributed by atoms with Gasteiger partial charge in [-0.2, -0.15) is 10.1 Å². The standard InChI is InChI=1S/C17H16BrN5OS/c18-14-8-6-13(7-9-14)12-19-21-16-20-17(23-22-16)25-11-10-24-15-4-2-1-3-5-15/h1-9,12H,10-11H2,(H2,20,21,22,23)/b19-12-. The lowest BCUT2D eigenvalue weighted by molar-refractivity contribution is 0.344. The number of aromatic nitrogens is 3. The van der Waals surface area contributed by atoms with Crippen molar-refractivity contribution in [3.05, 3.63) is 64.6 Å². The van der Waals surface area contributed by atoms with Gasteiger partial charge in [-0.15, -0.1) is 5.10 Å². The van der Waals surface area contributed by atoms with Gasteiger partial charge in [-0.3, -0.25) is 0 Å². The second kappa shape index (κ2) is 9.24. The maximum Gasteiger partial charge on any atom is 0.240 e. The Bertz CT molecular complexity index is 807. The van der Waals surface area contributed by atoms with Crippen LogP contribution in [0, 0.1) is 0 Å². The molecule has 128 valence electrons. The van der Waals surface area contributed by atoms with E-state index in [1.54, 1.807) is 6.21 Å². The topological polar surface area (TPSA) is 75.2 Å². The van der Waals surface area contributed by atoms with Crippen molar-refractivity contribution in [1.82, 2.24) is 15.2 Å². The summed E-state index contributed by atoms with van der Waals surface area (Å²) in [6.07, 6.45) is 1.72. The third-order valence-electron chi connectivity index (χ3n) is 3.05. The zero-order valence-electron chi connectivity index (χ0n) is 13.2. The quantitative estimate of drug-likeness (QED) is 0.248. The molecule has 1 aromatic heterocycles. The van der Waals surface area contributed by atoms with Gasteiger partial charge in [-0.1, -0.05) is 58.0 Å². The number of H-pyrrole nitrogens is 1. The van der Waals surface area contributed by atoms with Gasteiger partial charge in [0.15, 0.2) is 0 Å². The summed E-state index contributed by atoms with van der Waals surface area (Å²) in [5, 5.41) is 11.7. The third-order valence-corrected chi connectivity index (χ3v) is 4.39. The van der Waals surface area contributed by atoms with Gasteiger partial charge >= 0.3 is 0 Å². The fourth-order valence-electron chi connectivity index (χ4n) is 1.89. The summed E-state index contributed by atoms with van der Waals surface area (Å²) in [5.41, 5.74) is 3.82. The lowest BCUT2D eigenvalue weighted by atomic mass is 10.2. The summed E-state index contributed by atoms with van der Waals surface area (Å²) in [7, 11) is 0. The monoisotopic (exact) mass is 417 g/mol. The molecule has 8 heteroatoms. The Morgan fingerprint density at radius 3 is 2.76 bits per heavy atom. The highest BCUT2D eigenvalue weighted by Gasteiger charge is 2.03. The van der Waals surface area contributed by atoms with Crippen molar-refractivity contribution in [2.45, 2.75) is 5.16 Å². The van der Waals surface area contributed by atoms with Crippen molar-refractivity contribution < 1.29 is 4.74 Å². The first kappa shape index (κ1) is 17.5. The largest absolute Gasteiger partial charge is 0.493 e. The molecule has 2 aromatic carbocycles. The molecule has 0 aliphatic carbocycles. The molecule has 3 rings (SSSR count). The average molecular weight is 418 g/mol. The summed E-state index contributed by atoms with van der Waals surface area (Å²) in [4.78, 5) is 4.31. The molecule has 0 saturated carbocycles. The van der Waals surface area contributed by atoms with Crippen LogP contribution in [0.2, 0.25) is 0 Å². The van der Waals surface area contributed by atoms with Gasteiger partial charge in [0.2, 0.25) is 11.1 Å². The van der Waals surface area contributed by atoms with Crippen molar-refractivity contribution in [2.24, 2.45) is 5.10 Å². The van der Waals surface area contributed by atoms with E-state index in [0.29, 0.717) is 17.7 Å². The Balaban J connectivity index is 1.40. The van der Waals surface area contributed by atoms with Crippen molar-refractivity contribution in [3.8, 4) is 5.75 Å². The zero-order valence-corrected chi connectivity index (χ0v) is 15.6. The van der Waals surface area contributed by atoms with E-state index in [0.717, 1.165) is 21.5 Å². The smallest absolute Gasteiger partial charge is 0.240 e. The van der Waals surface area contributed by atoms with E-state index in [-0.39, 0.29) is 0 Å². The Morgan fingerprint density at radius 2 is 1.96 bits per heavy atom. The number of rotatable bonds is 8. The molecular weight excluding hydrogens is 402 g/mol. The lowest BCUT2D eigenvalue weighted by Gasteiger charge is -2.03. The van der Waals surface area contributed by atoms with Crippen LogP contribution >= 0.6 is 27.7 Å². The third kappa shape index (κ3) is 5.91. The van der Waals surface area contributed by atoms with Gasteiger partial charge in [0.1, 0.15) is 5.75 Å². The first-order valence-corrected chi connectivity index (χ1v) is 9.35. The second-order valence-corrected chi connectivity index (χ2v) is 6.88. The summed E-state index contributed by atoms with van der Waals surface area (Å²) in [6, 6.07) is 17.6. The van der Waals surface area contributed by atoms with Crippen LogP contribution in [0.5, 0.6) is 5.75 Å². The minimum absolute atomic E-state index is 0.500. The second-order valence-electron chi connectivity index (χ2n) is 4.90. The molecule has 0 saturated heterocycles. The molecule has 1 heterocycles. The number of ether oxygens (including phenoxy) is 1. The molecule has 0 fully saturated rings. The van der Waals surface area contributed by atoms with Crippen molar-refractivity contribution in [3.63, 3.8) is 0 Å². The van der Waals surface area contributed by atoms with Crippen LogP contribution in [0.3, 0.4) is 0 Å². The molecule has 0 unspecified atom stereocenters. The van der Waals surface area contributed by atoms with Crippen molar-refractivity contribution in [2.75, 3.05) is 17.8 Å². The Hall–Kier alpha value is -2.32. The van der Waals surface area contributed by atoms with E-state index in [1.165, 1.54) is 11.8 Å². The highest BCUT2D eigenvalue weighted by molar-refractivity contribution is 9.10. The molecule has 0 aliphatic rings. The van der Waals surface area contributed by atoms with Gasteiger partial charge < -0.3 is 4.74 Å². The summed E-state index contributed by atoms with van der Waals surface area (Å²) in [5.74, 6) is 2.12. The van der Waals surface area contributed by atoms with E-state index < -0.39 is 0 Å². The number of hydrogen-bond acceptors (Lipinski definition) is 6. The normalized spacial score (nSPS) is 10.9. The molecule has 0 atom stereocenters. The molecule has 0 amide bonds. The highest BCUT2D eigenvalue weighted by Crippen LogP contribution is 2.15. The van der Waals surface area contributed by atoms with Crippen LogP contribution < -0.4 is 10.2 Å². The fourth-order valence-corrected chi connectivity index (χ4v) is 2.77. The highest BCUT2D eigenvalue weighted by atomic mass is 79.9. The molecule has 0 spiro atoms. The van der Waals surface area contributed by atoms with Gasteiger partial charge in [-0.05, 0) is 29.8 Å². The maximum atomic E-state index is 5.63. The molecule has 0 aliphatic heterocycles. The maximum absolute atomic E-state index is 5.63. The minimum atomic E-state index is 0.500. The van der Waals surface area contributed by atoms with Crippen LogP contribution in [0.15, 0.2) is 69.3 Å². The Labute approximate surface area is 158 Å². The van der Waals surface area contributed by atoms with Crippen LogP contribution in [-0.2, 0) is 0 Å². The van der Waals surface area contributed by atoms with Crippen molar-refractivity contribution in [1.29, 1.82) is 0 Å². The molecule has 0 bridgehead atoms.